The van der Waals surface area contributed by atoms with Gasteiger partial charge in [-0.05, 0) is 6.42 Å². The molecule has 2 rings (SSSR count). The van der Waals surface area contributed by atoms with Crippen molar-refractivity contribution in [1.29, 1.82) is 0 Å². The minimum absolute atomic E-state index is 0.388. The predicted molar refractivity (Wildman–Crippen MR) is 44.3 cm³/mol. The van der Waals surface area contributed by atoms with Gasteiger partial charge in [0, 0.05) is 19.1 Å². The van der Waals surface area contributed by atoms with Crippen molar-refractivity contribution >= 4 is 6.29 Å². The second-order valence-corrected chi connectivity index (χ2v) is 3.21. The molecule has 0 amide bonds. The Hall–Kier alpha value is -1.23. The molecular formula is C8H11N3O2. The number of carbonyl (C=O) groups excluding carboxylic acids is 1. The molecule has 5 nitrogen and oxygen atoms in total. The first-order valence-electron chi connectivity index (χ1n) is 4.31. The van der Waals surface area contributed by atoms with Gasteiger partial charge in [-0.2, -0.15) is 0 Å². The molecule has 70 valence electrons. The first-order valence-corrected chi connectivity index (χ1v) is 4.31. The summed E-state index contributed by atoms with van der Waals surface area (Å²) in [6.45, 7) is 2.41. The number of hydrogen-bond acceptors (Lipinski definition) is 4. The van der Waals surface area contributed by atoms with Gasteiger partial charge in [-0.15, -0.1) is 5.10 Å². The first-order chi connectivity index (χ1) is 6.38. The number of ether oxygens (including phenoxy) is 1. The molecule has 0 aliphatic carbocycles. The smallest absolute Gasteiger partial charge is 0.171 e. The number of nitrogens with zero attached hydrogens (tertiary/aromatic N) is 3. The van der Waals surface area contributed by atoms with Gasteiger partial charge in [0.05, 0.1) is 12.8 Å². The van der Waals surface area contributed by atoms with Gasteiger partial charge < -0.3 is 4.74 Å². The highest BCUT2D eigenvalue weighted by molar-refractivity contribution is 5.70. The van der Waals surface area contributed by atoms with Crippen molar-refractivity contribution < 1.29 is 9.53 Å². The average molecular weight is 181 g/mol. The Bertz CT molecular complexity index is 291. The van der Waals surface area contributed by atoms with Crippen LogP contribution in [0.15, 0.2) is 6.20 Å². The maximum Gasteiger partial charge on any atom is 0.171 e. The van der Waals surface area contributed by atoms with Crippen LogP contribution >= 0.6 is 0 Å². The Morgan fingerprint density at radius 2 is 2.69 bits per heavy atom. The van der Waals surface area contributed by atoms with Gasteiger partial charge in [-0.3, -0.25) is 9.48 Å². The predicted octanol–water partition coefficient (Wildman–Crippen LogP) is 0.127. The minimum atomic E-state index is 0.388. The summed E-state index contributed by atoms with van der Waals surface area (Å²) in [7, 11) is 0. The van der Waals surface area contributed by atoms with Gasteiger partial charge in [0.25, 0.3) is 0 Å². The van der Waals surface area contributed by atoms with Crippen LogP contribution in [0.1, 0.15) is 16.9 Å². The Balaban J connectivity index is 1.96. The maximum absolute atomic E-state index is 10.3. The summed E-state index contributed by atoms with van der Waals surface area (Å²) in [4.78, 5) is 10.3. The van der Waals surface area contributed by atoms with E-state index in [1.807, 2.05) is 0 Å². The molecule has 0 aromatic carbocycles. The summed E-state index contributed by atoms with van der Waals surface area (Å²) in [5, 5.41) is 7.51. The molecule has 0 N–H and O–H groups in total. The average Bonchev–Trinajstić information content (AvgIpc) is 2.76. The zero-order valence-corrected chi connectivity index (χ0v) is 7.22. The van der Waals surface area contributed by atoms with Crippen LogP contribution in [-0.4, -0.2) is 34.5 Å². The molecule has 1 aromatic heterocycles. The highest BCUT2D eigenvalue weighted by Crippen LogP contribution is 2.13. The number of rotatable bonds is 3. The first kappa shape index (κ1) is 8.37. The third-order valence-corrected chi connectivity index (χ3v) is 2.15. The van der Waals surface area contributed by atoms with E-state index in [9.17, 15) is 4.79 Å². The quantitative estimate of drug-likeness (QED) is 0.622. The van der Waals surface area contributed by atoms with E-state index < -0.39 is 0 Å². The molecule has 0 spiro atoms. The molecule has 0 unspecified atom stereocenters. The van der Waals surface area contributed by atoms with E-state index in [1.54, 1.807) is 10.9 Å². The topological polar surface area (TPSA) is 57.0 Å². The fourth-order valence-corrected chi connectivity index (χ4v) is 1.45. The zero-order valence-electron chi connectivity index (χ0n) is 7.22. The van der Waals surface area contributed by atoms with Gasteiger partial charge in [0.2, 0.25) is 0 Å². The molecule has 1 atom stereocenters. The summed E-state index contributed by atoms with van der Waals surface area (Å²) in [5.74, 6) is 0.515. The van der Waals surface area contributed by atoms with Crippen molar-refractivity contribution in [1.82, 2.24) is 15.0 Å². The SMILES string of the molecule is O=Cc1cn(C[C@H]2CCOC2)nn1. The van der Waals surface area contributed by atoms with Gasteiger partial charge in [0.15, 0.2) is 6.29 Å². The molecule has 1 aromatic rings. The summed E-state index contributed by atoms with van der Waals surface area (Å²) in [5.41, 5.74) is 0.388. The van der Waals surface area contributed by atoms with Crippen LogP contribution in [0.5, 0.6) is 0 Å². The van der Waals surface area contributed by atoms with E-state index in [-0.39, 0.29) is 0 Å². The Morgan fingerprint density at radius 1 is 1.77 bits per heavy atom. The number of aldehydes is 1. The minimum Gasteiger partial charge on any atom is -0.381 e. The molecule has 13 heavy (non-hydrogen) atoms. The molecule has 0 radical (unpaired) electrons. The van der Waals surface area contributed by atoms with Crippen LogP contribution in [0.2, 0.25) is 0 Å². The lowest BCUT2D eigenvalue weighted by atomic mass is 10.1. The van der Waals surface area contributed by atoms with Crippen LogP contribution in [-0.2, 0) is 11.3 Å². The maximum atomic E-state index is 10.3. The van der Waals surface area contributed by atoms with E-state index in [1.165, 1.54) is 0 Å². The van der Waals surface area contributed by atoms with Crippen LogP contribution in [0.4, 0.5) is 0 Å². The lowest BCUT2D eigenvalue weighted by molar-refractivity contribution is 0.111. The van der Waals surface area contributed by atoms with Crippen LogP contribution in [0.25, 0.3) is 0 Å². The van der Waals surface area contributed by atoms with E-state index in [0.717, 1.165) is 26.2 Å². The summed E-state index contributed by atoms with van der Waals surface area (Å²) in [6, 6.07) is 0. The van der Waals surface area contributed by atoms with Crippen molar-refractivity contribution in [3.63, 3.8) is 0 Å². The largest absolute Gasteiger partial charge is 0.381 e. The van der Waals surface area contributed by atoms with Gasteiger partial charge >= 0.3 is 0 Å². The molecule has 0 bridgehead atoms. The van der Waals surface area contributed by atoms with E-state index in [4.69, 9.17) is 4.74 Å². The fourth-order valence-electron chi connectivity index (χ4n) is 1.45. The standard InChI is InChI=1S/C8H11N3O2/c12-5-8-4-11(10-9-8)3-7-1-2-13-6-7/h4-5,7H,1-3,6H2/t7-/m1/s1. The molecule has 0 saturated carbocycles. The highest BCUT2D eigenvalue weighted by atomic mass is 16.5. The Kier molecular flexibility index (Phi) is 2.35. The second-order valence-electron chi connectivity index (χ2n) is 3.21. The third-order valence-electron chi connectivity index (χ3n) is 2.15. The lowest BCUT2D eigenvalue weighted by Crippen LogP contribution is -2.11. The van der Waals surface area contributed by atoms with E-state index >= 15 is 0 Å². The van der Waals surface area contributed by atoms with Crippen molar-refractivity contribution in [3.05, 3.63) is 11.9 Å². The second kappa shape index (κ2) is 3.66. The highest BCUT2D eigenvalue weighted by Gasteiger charge is 2.16. The Labute approximate surface area is 75.7 Å². The molecule has 1 fully saturated rings. The molecule has 1 aliphatic heterocycles. The monoisotopic (exact) mass is 181 g/mol. The zero-order chi connectivity index (χ0) is 9.10. The van der Waals surface area contributed by atoms with E-state index in [0.29, 0.717) is 17.9 Å². The number of hydrogen-bond donors (Lipinski definition) is 0. The molecule has 1 aliphatic rings. The van der Waals surface area contributed by atoms with Gasteiger partial charge in [-0.1, -0.05) is 5.21 Å². The van der Waals surface area contributed by atoms with E-state index in [2.05, 4.69) is 10.3 Å². The third kappa shape index (κ3) is 1.92. The fraction of sp³-hybridized carbons (Fsp3) is 0.625. The molecule has 2 heterocycles. The van der Waals surface area contributed by atoms with Crippen molar-refractivity contribution in [2.75, 3.05) is 13.2 Å². The molecule has 5 heteroatoms. The molecular weight excluding hydrogens is 170 g/mol. The lowest BCUT2D eigenvalue weighted by Gasteiger charge is -2.05. The van der Waals surface area contributed by atoms with Crippen LogP contribution in [0.3, 0.4) is 0 Å². The number of aromatic nitrogens is 3. The van der Waals surface area contributed by atoms with Crippen molar-refractivity contribution in [3.8, 4) is 0 Å². The van der Waals surface area contributed by atoms with Gasteiger partial charge in [0.1, 0.15) is 5.69 Å². The Morgan fingerprint density at radius 3 is 3.31 bits per heavy atom. The summed E-state index contributed by atoms with van der Waals surface area (Å²) in [6.07, 6.45) is 3.43. The normalized spacial score (nSPS) is 22.0. The number of carbonyl (C=O) groups is 1. The molecule has 1 saturated heterocycles. The van der Waals surface area contributed by atoms with Crippen molar-refractivity contribution in [2.45, 2.75) is 13.0 Å². The van der Waals surface area contributed by atoms with Gasteiger partial charge in [-0.25, -0.2) is 0 Å². The van der Waals surface area contributed by atoms with Crippen LogP contribution < -0.4 is 0 Å². The summed E-state index contributed by atoms with van der Waals surface area (Å²) < 4.78 is 6.93. The summed E-state index contributed by atoms with van der Waals surface area (Å²) >= 11 is 0. The van der Waals surface area contributed by atoms with Crippen molar-refractivity contribution in [2.24, 2.45) is 5.92 Å². The van der Waals surface area contributed by atoms with Crippen LogP contribution in [0, 0.1) is 5.92 Å².